The van der Waals surface area contributed by atoms with Gasteiger partial charge in [-0.25, -0.2) is 0 Å². The Bertz CT molecular complexity index is 385. The number of hydrogen-bond donors (Lipinski definition) is 3. The van der Waals surface area contributed by atoms with Crippen molar-refractivity contribution in [1.29, 1.82) is 0 Å². The lowest BCUT2D eigenvalue weighted by atomic mass is 10.1. The van der Waals surface area contributed by atoms with Crippen LogP contribution in [0.15, 0.2) is 10.2 Å². The number of thiazole rings is 1. The van der Waals surface area contributed by atoms with Gasteiger partial charge in [-0.1, -0.05) is 25.2 Å². The fourth-order valence-corrected chi connectivity index (χ4v) is 1.79. The topological polar surface area (TPSA) is 74.0 Å². The molecule has 0 saturated carbocycles. The number of nitrogens with one attached hydrogen (secondary N) is 3. The predicted molar refractivity (Wildman–Crippen MR) is 64.5 cm³/mol. The van der Waals surface area contributed by atoms with E-state index in [4.69, 9.17) is 0 Å². The molecule has 90 valence electrons. The van der Waals surface area contributed by atoms with E-state index in [0.29, 0.717) is 13.1 Å². The molecular weight excluding hydrogens is 226 g/mol. The van der Waals surface area contributed by atoms with Crippen molar-refractivity contribution in [3.63, 3.8) is 0 Å². The van der Waals surface area contributed by atoms with Crippen LogP contribution in [0.4, 0.5) is 0 Å². The second-order valence-corrected chi connectivity index (χ2v) is 4.44. The zero-order chi connectivity index (χ0) is 12.0. The maximum absolute atomic E-state index is 11.6. The molecule has 3 N–H and O–H groups in total. The highest BCUT2D eigenvalue weighted by Crippen LogP contribution is 1.97. The molecule has 1 aromatic heterocycles. The molecule has 1 heterocycles. The molecular formula is C10H17N3O2S. The molecule has 1 rings (SSSR count). The molecule has 1 amide bonds. The Morgan fingerprint density at radius 2 is 2.38 bits per heavy atom. The minimum Gasteiger partial charge on any atom is -0.350 e. The van der Waals surface area contributed by atoms with Gasteiger partial charge < -0.3 is 15.6 Å². The van der Waals surface area contributed by atoms with Crippen molar-refractivity contribution in [2.75, 3.05) is 13.1 Å². The third-order valence-corrected chi connectivity index (χ3v) is 2.89. The van der Waals surface area contributed by atoms with Gasteiger partial charge in [-0.05, 0) is 6.54 Å². The molecule has 16 heavy (non-hydrogen) atoms. The summed E-state index contributed by atoms with van der Waals surface area (Å²) in [4.78, 5) is 25.0. The van der Waals surface area contributed by atoms with Crippen LogP contribution in [0.5, 0.6) is 0 Å². The van der Waals surface area contributed by atoms with E-state index in [9.17, 15) is 9.59 Å². The second-order valence-electron chi connectivity index (χ2n) is 3.60. The average Bonchev–Trinajstić information content (AvgIpc) is 2.68. The maximum atomic E-state index is 11.6. The van der Waals surface area contributed by atoms with E-state index in [1.165, 1.54) is 0 Å². The number of hydrogen-bond acceptors (Lipinski definition) is 4. The van der Waals surface area contributed by atoms with Crippen molar-refractivity contribution in [2.24, 2.45) is 5.92 Å². The molecule has 0 aliphatic rings. The highest BCUT2D eigenvalue weighted by Gasteiger charge is 2.11. The number of carbonyl (C=O) groups excluding carboxylic acids is 1. The van der Waals surface area contributed by atoms with E-state index >= 15 is 0 Å². The van der Waals surface area contributed by atoms with Gasteiger partial charge in [0.05, 0.1) is 6.54 Å². The van der Waals surface area contributed by atoms with Crippen LogP contribution in [0.2, 0.25) is 0 Å². The van der Waals surface area contributed by atoms with E-state index in [1.807, 2.05) is 13.8 Å². The fourth-order valence-electron chi connectivity index (χ4n) is 1.21. The monoisotopic (exact) mass is 243 g/mol. The summed E-state index contributed by atoms with van der Waals surface area (Å²) in [7, 11) is 0. The Balaban J connectivity index is 2.32. The lowest BCUT2D eigenvalue weighted by Crippen LogP contribution is -2.35. The standard InChI is InChI=1S/C10H17N3O2S/c1-3-11-4-7(2)9(14)12-5-8-6-16-10(15)13-8/h6-7,11H,3-5H2,1-2H3,(H,12,14)(H,13,15). The number of H-pyrrole nitrogens is 1. The average molecular weight is 243 g/mol. The van der Waals surface area contributed by atoms with Gasteiger partial charge in [-0.15, -0.1) is 0 Å². The number of aromatic amines is 1. The van der Waals surface area contributed by atoms with Crippen LogP contribution in [0.25, 0.3) is 0 Å². The minimum atomic E-state index is -0.0926. The Kier molecular flexibility index (Phi) is 5.21. The molecule has 0 radical (unpaired) electrons. The second kappa shape index (κ2) is 6.44. The Labute approximate surface area is 98.3 Å². The highest BCUT2D eigenvalue weighted by molar-refractivity contribution is 7.07. The summed E-state index contributed by atoms with van der Waals surface area (Å²) in [5, 5.41) is 7.61. The van der Waals surface area contributed by atoms with Gasteiger partial charge in [-0.3, -0.25) is 9.59 Å². The van der Waals surface area contributed by atoms with Gasteiger partial charge in [0.15, 0.2) is 0 Å². The normalized spacial score (nSPS) is 12.4. The summed E-state index contributed by atoms with van der Waals surface area (Å²) in [5.74, 6) is -0.0710. The molecule has 1 aromatic rings. The molecule has 1 atom stereocenters. The van der Waals surface area contributed by atoms with Crippen LogP contribution >= 0.6 is 11.3 Å². The van der Waals surface area contributed by atoms with E-state index in [0.717, 1.165) is 23.6 Å². The maximum Gasteiger partial charge on any atom is 0.304 e. The summed E-state index contributed by atoms with van der Waals surface area (Å²) in [6.07, 6.45) is 0. The van der Waals surface area contributed by atoms with Crippen LogP contribution in [-0.4, -0.2) is 24.0 Å². The summed E-state index contributed by atoms with van der Waals surface area (Å²) >= 11 is 1.10. The van der Waals surface area contributed by atoms with Gasteiger partial charge in [0.2, 0.25) is 5.91 Å². The summed E-state index contributed by atoms with van der Waals surface area (Å²) in [6, 6.07) is 0. The fraction of sp³-hybridized carbons (Fsp3) is 0.600. The molecule has 0 fully saturated rings. The van der Waals surface area contributed by atoms with Crippen molar-refractivity contribution >= 4 is 17.2 Å². The van der Waals surface area contributed by atoms with E-state index < -0.39 is 0 Å². The Morgan fingerprint density at radius 3 is 2.94 bits per heavy atom. The van der Waals surface area contributed by atoms with Crippen LogP contribution in [0.3, 0.4) is 0 Å². The zero-order valence-corrected chi connectivity index (χ0v) is 10.3. The summed E-state index contributed by atoms with van der Waals surface area (Å²) < 4.78 is 0. The predicted octanol–water partition coefficient (Wildman–Crippen LogP) is 0.298. The quantitative estimate of drug-likeness (QED) is 0.672. The molecule has 0 aliphatic heterocycles. The number of aromatic nitrogens is 1. The smallest absolute Gasteiger partial charge is 0.304 e. The van der Waals surface area contributed by atoms with Crippen molar-refractivity contribution in [1.82, 2.24) is 15.6 Å². The third-order valence-electron chi connectivity index (χ3n) is 2.17. The lowest BCUT2D eigenvalue weighted by Gasteiger charge is -2.11. The molecule has 0 bridgehead atoms. The molecule has 0 spiro atoms. The van der Waals surface area contributed by atoms with Gasteiger partial charge in [0.1, 0.15) is 0 Å². The first-order valence-corrected chi connectivity index (χ1v) is 6.16. The Morgan fingerprint density at radius 1 is 1.62 bits per heavy atom. The largest absolute Gasteiger partial charge is 0.350 e. The van der Waals surface area contributed by atoms with Gasteiger partial charge in [0, 0.05) is 23.5 Å². The first kappa shape index (κ1) is 12.9. The van der Waals surface area contributed by atoms with Crippen LogP contribution in [0, 0.1) is 5.92 Å². The van der Waals surface area contributed by atoms with E-state index in [-0.39, 0.29) is 16.7 Å². The van der Waals surface area contributed by atoms with Crippen molar-refractivity contribution < 1.29 is 4.79 Å². The third kappa shape index (κ3) is 4.16. The molecule has 5 nitrogen and oxygen atoms in total. The molecule has 0 saturated heterocycles. The minimum absolute atomic E-state index is 0.00648. The first-order valence-electron chi connectivity index (χ1n) is 5.28. The first-order chi connectivity index (χ1) is 7.63. The summed E-state index contributed by atoms with van der Waals surface area (Å²) in [5.41, 5.74) is 0.749. The molecule has 0 aliphatic carbocycles. The SMILES string of the molecule is CCNCC(C)C(=O)NCc1csc(=O)[nH]1. The van der Waals surface area contributed by atoms with Crippen molar-refractivity contribution in [2.45, 2.75) is 20.4 Å². The van der Waals surface area contributed by atoms with Crippen LogP contribution in [0.1, 0.15) is 19.5 Å². The molecule has 6 heteroatoms. The lowest BCUT2D eigenvalue weighted by molar-refractivity contribution is -0.124. The van der Waals surface area contributed by atoms with Crippen LogP contribution in [-0.2, 0) is 11.3 Å². The van der Waals surface area contributed by atoms with E-state index in [2.05, 4.69) is 15.6 Å². The number of amides is 1. The van der Waals surface area contributed by atoms with E-state index in [1.54, 1.807) is 5.38 Å². The zero-order valence-electron chi connectivity index (χ0n) is 9.50. The van der Waals surface area contributed by atoms with Gasteiger partial charge in [-0.2, -0.15) is 0 Å². The van der Waals surface area contributed by atoms with Crippen molar-refractivity contribution in [3.05, 3.63) is 20.7 Å². The number of carbonyl (C=O) groups is 1. The van der Waals surface area contributed by atoms with Gasteiger partial charge in [0.25, 0.3) is 0 Å². The molecule has 0 aromatic carbocycles. The van der Waals surface area contributed by atoms with Crippen molar-refractivity contribution in [3.8, 4) is 0 Å². The summed E-state index contributed by atoms with van der Waals surface area (Å²) in [6.45, 7) is 5.78. The highest BCUT2D eigenvalue weighted by atomic mass is 32.1. The van der Waals surface area contributed by atoms with Crippen LogP contribution < -0.4 is 15.5 Å². The number of rotatable bonds is 6. The molecule has 1 unspecified atom stereocenters. The van der Waals surface area contributed by atoms with Gasteiger partial charge >= 0.3 is 4.87 Å². The Hall–Kier alpha value is -1.14.